The van der Waals surface area contributed by atoms with Crippen LogP contribution in [-0.4, -0.2) is 0 Å². The van der Waals surface area contributed by atoms with E-state index < -0.39 is 17.7 Å². The van der Waals surface area contributed by atoms with Crippen molar-refractivity contribution in [3.8, 4) is 0 Å². The lowest BCUT2D eigenvalue weighted by Gasteiger charge is -2.20. The van der Waals surface area contributed by atoms with Crippen LogP contribution in [0.25, 0.3) is 0 Å². The van der Waals surface area contributed by atoms with E-state index in [0.717, 1.165) is 6.42 Å². The third-order valence-corrected chi connectivity index (χ3v) is 3.28. The van der Waals surface area contributed by atoms with Crippen molar-refractivity contribution in [2.45, 2.75) is 26.3 Å². The summed E-state index contributed by atoms with van der Waals surface area (Å²) >= 11 is 3.02. The Labute approximate surface area is 109 Å². The zero-order valence-electron chi connectivity index (χ0n) is 9.14. The van der Waals surface area contributed by atoms with Crippen molar-refractivity contribution in [1.29, 1.82) is 0 Å². The summed E-state index contributed by atoms with van der Waals surface area (Å²) in [6.45, 7) is 3.82. The molecule has 0 aliphatic heterocycles. The Morgan fingerprint density at radius 2 is 1.94 bits per heavy atom. The standard InChI is InChI=1S/C11H14BrF2N.ClH/c1-3-6(2)11(15)9-8(13)5-4-7(12)10(9)14;/h4-6,11H,3,15H2,1-2H3;1H/t6?,11-;/m1./s1. The fourth-order valence-electron chi connectivity index (χ4n) is 1.39. The van der Waals surface area contributed by atoms with Gasteiger partial charge in [0.25, 0.3) is 0 Å². The van der Waals surface area contributed by atoms with Gasteiger partial charge in [0.2, 0.25) is 0 Å². The van der Waals surface area contributed by atoms with Gasteiger partial charge in [-0.2, -0.15) is 0 Å². The number of benzene rings is 1. The number of nitrogens with two attached hydrogens (primary N) is 1. The average Bonchev–Trinajstić information content (AvgIpc) is 2.22. The molecule has 0 amide bonds. The molecular weight excluding hydrogens is 299 g/mol. The maximum Gasteiger partial charge on any atom is 0.145 e. The van der Waals surface area contributed by atoms with Gasteiger partial charge < -0.3 is 5.73 Å². The van der Waals surface area contributed by atoms with Crippen LogP contribution in [0.1, 0.15) is 31.9 Å². The van der Waals surface area contributed by atoms with Crippen LogP contribution in [0.15, 0.2) is 16.6 Å². The molecule has 1 aromatic carbocycles. The minimum atomic E-state index is -0.604. The van der Waals surface area contributed by atoms with Gasteiger partial charge in [-0.25, -0.2) is 8.78 Å². The van der Waals surface area contributed by atoms with Crippen LogP contribution in [0.4, 0.5) is 8.78 Å². The van der Waals surface area contributed by atoms with E-state index in [9.17, 15) is 8.78 Å². The molecule has 0 saturated carbocycles. The summed E-state index contributed by atoms with van der Waals surface area (Å²) in [7, 11) is 0. The summed E-state index contributed by atoms with van der Waals surface area (Å²) in [4.78, 5) is 0. The highest BCUT2D eigenvalue weighted by molar-refractivity contribution is 9.10. The summed E-state index contributed by atoms with van der Waals surface area (Å²) in [5.74, 6) is -1.13. The average molecular weight is 315 g/mol. The number of rotatable bonds is 3. The Morgan fingerprint density at radius 3 is 2.44 bits per heavy atom. The largest absolute Gasteiger partial charge is 0.324 e. The molecule has 0 bridgehead atoms. The third-order valence-electron chi connectivity index (χ3n) is 2.67. The van der Waals surface area contributed by atoms with Crippen LogP contribution in [0.2, 0.25) is 0 Å². The molecule has 0 aliphatic rings. The molecule has 0 aromatic heterocycles. The summed E-state index contributed by atoms with van der Waals surface area (Å²) < 4.78 is 27.3. The number of hydrogen-bond donors (Lipinski definition) is 1. The molecule has 5 heteroatoms. The zero-order valence-corrected chi connectivity index (χ0v) is 11.5. The van der Waals surface area contributed by atoms with E-state index in [4.69, 9.17) is 5.73 Å². The smallest absolute Gasteiger partial charge is 0.145 e. The van der Waals surface area contributed by atoms with E-state index in [1.165, 1.54) is 12.1 Å². The molecule has 0 radical (unpaired) electrons. The second-order valence-electron chi connectivity index (χ2n) is 3.67. The Hall–Kier alpha value is -0.190. The maximum atomic E-state index is 13.6. The van der Waals surface area contributed by atoms with Gasteiger partial charge in [-0.3, -0.25) is 0 Å². The molecule has 1 aromatic rings. The lowest BCUT2D eigenvalue weighted by Crippen LogP contribution is -2.21. The van der Waals surface area contributed by atoms with E-state index in [-0.39, 0.29) is 28.4 Å². The van der Waals surface area contributed by atoms with Crippen LogP contribution < -0.4 is 5.73 Å². The first-order valence-corrected chi connectivity index (χ1v) is 5.67. The highest BCUT2D eigenvalue weighted by Crippen LogP contribution is 2.30. The van der Waals surface area contributed by atoms with E-state index in [0.29, 0.717) is 0 Å². The lowest BCUT2D eigenvalue weighted by molar-refractivity contribution is 0.418. The van der Waals surface area contributed by atoms with Crippen LogP contribution in [0.5, 0.6) is 0 Å². The lowest BCUT2D eigenvalue weighted by atomic mass is 9.92. The van der Waals surface area contributed by atoms with Gasteiger partial charge in [0, 0.05) is 11.6 Å². The molecule has 0 aliphatic carbocycles. The Morgan fingerprint density at radius 1 is 1.38 bits per heavy atom. The van der Waals surface area contributed by atoms with Crippen LogP contribution >= 0.6 is 28.3 Å². The normalized spacial score (nSPS) is 14.1. The van der Waals surface area contributed by atoms with Crippen molar-refractivity contribution < 1.29 is 8.78 Å². The third kappa shape index (κ3) is 3.15. The van der Waals surface area contributed by atoms with E-state index >= 15 is 0 Å². The first-order valence-electron chi connectivity index (χ1n) is 4.88. The van der Waals surface area contributed by atoms with Gasteiger partial charge in [0.05, 0.1) is 4.47 Å². The van der Waals surface area contributed by atoms with Crippen molar-refractivity contribution >= 4 is 28.3 Å². The fraction of sp³-hybridized carbons (Fsp3) is 0.455. The fourth-order valence-corrected chi connectivity index (χ4v) is 1.73. The predicted molar refractivity (Wildman–Crippen MR) is 67.7 cm³/mol. The van der Waals surface area contributed by atoms with Crippen molar-refractivity contribution in [2.24, 2.45) is 11.7 Å². The number of halogens is 4. The Kier molecular flexibility index (Phi) is 6.44. The van der Waals surface area contributed by atoms with Crippen LogP contribution in [-0.2, 0) is 0 Å². The Bertz CT molecular complexity index is 360. The molecule has 1 rings (SSSR count). The Balaban J connectivity index is 0.00000225. The van der Waals surface area contributed by atoms with E-state index in [1.54, 1.807) is 0 Å². The van der Waals surface area contributed by atoms with Gasteiger partial charge in [0.1, 0.15) is 11.6 Å². The molecule has 16 heavy (non-hydrogen) atoms. The molecular formula is C11H15BrClF2N. The minimum absolute atomic E-state index is 0. The summed E-state index contributed by atoms with van der Waals surface area (Å²) in [6, 6.07) is 1.97. The molecule has 0 heterocycles. The van der Waals surface area contributed by atoms with Crippen molar-refractivity contribution in [3.63, 3.8) is 0 Å². The van der Waals surface area contributed by atoms with Crippen molar-refractivity contribution in [2.75, 3.05) is 0 Å². The quantitative estimate of drug-likeness (QED) is 0.832. The second-order valence-corrected chi connectivity index (χ2v) is 4.52. The van der Waals surface area contributed by atoms with Gasteiger partial charge in [-0.15, -0.1) is 12.4 Å². The van der Waals surface area contributed by atoms with Crippen LogP contribution in [0, 0.1) is 17.6 Å². The highest BCUT2D eigenvalue weighted by atomic mass is 79.9. The molecule has 0 saturated heterocycles. The SMILES string of the molecule is CCC(C)[C@@H](N)c1c(F)ccc(Br)c1F.Cl. The summed E-state index contributed by atoms with van der Waals surface area (Å²) in [5.41, 5.74) is 5.79. The maximum absolute atomic E-state index is 13.6. The summed E-state index contributed by atoms with van der Waals surface area (Å²) in [6.07, 6.45) is 0.784. The summed E-state index contributed by atoms with van der Waals surface area (Å²) in [5, 5.41) is 0. The van der Waals surface area contributed by atoms with Gasteiger partial charge >= 0.3 is 0 Å². The topological polar surface area (TPSA) is 26.0 Å². The molecule has 0 fully saturated rings. The minimum Gasteiger partial charge on any atom is -0.324 e. The van der Waals surface area contributed by atoms with E-state index in [1.807, 2.05) is 13.8 Å². The van der Waals surface area contributed by atoms with Crippen LogP contribution in [0.3, 0.4) is 0 Å². The first kappa shape index (κ1) is 15.8. The molecule has 92 valence electrons. The second kappa shape index (κ2) is 6.52. The van der Waals surface area contributed by atoms with Gasteiger partial charge in [-0.05, 0) is 34.0 Å². The zero-order chi connectivity index (χ0) is 11.6. The highest BCUT2D eigenvalue weighted by Gasteiger charge is 2.22. The van der Waals surface area contributed by atoms with Crippen molar-refractivity contribution in [1.82, 2.24) is 0 Å². The van der Waals surface area contributed by atoms with Gasteiger partial charge in [-0.1, -0.05) is 20.3 Å². The molecule has 2 N–H and O–H groups in total. The number of hydrogen-bond acceptors (Lipinski definition) is 1. The molecule has 2 atom stereocenters. The predicted octanol–water partition coefficient (Wildman–Crippen LogP) is 4.20. The first-order chi connectivity index (χ1) is 6.99. The monoisotopic (exact) mass is 313 g/mol. The molecule has 1 nitrogen and oxygen atoms in total. The van der Waals surface area contributed by atoms with E-state index in [2.05, 4.69) is 15.9 Å². The molecule has 1 unspecified atom stereocenters. The van der Waals surface area contributed by atoms with Gasteiger partial charge in [0.15, 0.2) is 0 Å². The molecule has 0 spiro atoms. The van der Waals surface area contributed by atoms with Crippen molar-refractivity contribution in [3.05, 3.63) is 33.8 Å².